The fourth-order valence-electron chi connectivity index (χ4n) is 2.63. The zero-order chi connectivity index (χ0) is 15.5. The number of hydrogen-bond donors (Lipinski definition) is 0. The summed E-state index contributed by atoms with van der Waals surface area (Å²) in [5, 5.41) is 4.46. The van der Waals surface area contributed by atoms with Gasteiger partial charge in [-0.05, 0) is 49.8 Å². The molecule has 0 spiro atoms. The highest BCUT2D eigenvalue weighted by atomic mass is 32.2. The zero-order valence-corrected chi connectivity index (χ0v) is 13.7. The predicted molar refractivity (Wildman–Crippen MR) is 88.4 cm³/mol. The van der Waals surface area contributed by atoms with E-state index < -0.39 is 0 Å². The van der Waals surface area contributed by atoms with Gasteiger partial charge in [-0.1, -0.05) is 12.1 Å². The molecule has 0 N–H and O–H groups in total. The van der Waals surface area contributed by atoms with Crippen LogP contribution in [0.5, 0.6) is 0 Å². The Hall–Kier alpha value is -1.75. The van der Waals surface area contributed by atoms with Gasteiger partial charge in [0.2, 0.25) is 0 Å². The molecule has 0 aliphatic carbocycles. The van der Waals surface area contributed by atoms with E-state index in [9.17, 15) is 4.79 Å². The molecule has 4 nitrogen and oxygen atoms in total. The van der Waals surface area contributed by atoms with Crippen LogP contribution in [0, 0.1) is 13.8 Å². The van der Waals surface area contributed by atoms with E-state index in [0.29, 0.717) is 12.1 Å². The van der Waals surface area contributed by atoms with Crippen molar-refractivity contribution < 1.29 is 9.53 Å². The number of benzene rings is 1. The lowest BCUT2D eigenvalue weighted by atomic mass is 10.1. The van der Waals surface area contributed by atoms with Crippen LogP contribution in [0.1, 0.15) is 33.7 Å². The molecule has 1 atom stereocenters. The van der Waals surface area contributed by atoms with Crippen molar-refractivity contribution in [2.24, 2.45) is 0 Å². The first-order chi connectivity index (χ1) is 10.6. The van der Waals surface area contributed by atoms with Crippen molar-refractivity contribution in [3.63, 3.8) is 0 Å². The first-order valence-corrected chi connectivity index (χ1v) is 8.66. The molecular weight excluding hydrogens is 296 g/mol. The third-order valence-electron chi connectivity index (χ3n) is 3.76. The minimum atomic E-state index is -0.220. The normalized spacial score (nSPS) is 17.6. The van der Waals surface area contributed by atoms with E-state index in [0.717, 1.165) is 34.9 Å². The summed E-state index contributed by atoms with van der Waals surface area (Å²) >= 11 is 1.84. The van der Waals surface area contributed by atoms with Gasteiger partial charge in [0.1, 0.15) is 6.10 Å². The molecule has 1 aliphatic rings. The van der Waals surface area contributed by atoms with Gasteiger partial charge >= 0.3 is 5.97 Å². The molecule has 116 valence electrons. The quantitative estimate of drug-likeness (QED) is 0.813. The van der Waals surface area contributed by atoms with Crippen LogP contribution in [0.3, 0.4) is 0 Å². The first kappa shape index (κ1) is 15.2. The lowest BCUT2D eigenvalue weighted by molar-refractivity contribution is 0.0356. The zero-order valence-electron chi connectivity index (χ0n) is 12.9. The average molecular weight is 316 g/mol. The van der Waals surface area contributed by atoms with Crippen LogP contribution in [0.2, 0.25) is 0 Å². The molecule has 3 rings (SSSR count). The minimum Gasteiger partial charge on any atom is -0.458 e. The molecule has 2 aromatic rings. The Bertz CT molecular complexity index is 675. The smallest absolute Gasteiger partial charge is 0.338 e. The van der Waals surface area contributed by atoms with Gasteiger partial charge in [0.25, 0.3) is 0 Å². The molecule has 1 aromatic heterocycles. The van der Waals surface area contributed by atoms with Gasteiger partial charge in [-0.3, -0.25) is 4.68 Å². The fourth-order valence-corrected chi connectivity index (χ4v) is 3.72. The van der Waals surface area contributed by atoms with E-state index in [1.54, 1.807) is 0 Å². The van der Waals surface area contributed by atoms with Crippen LogP contribution < -0.4 is 0 Å². The number of thioether (sulfide) groups is 1. The summed E-state index contributed by atoms with van der Waals surface area (Å²) in [5.74, 6) is 1.77. The molecule has 22 heavy (non-hydrogen) atoms. The van der Waals surface area contributed by atoms with Crippen LogP contribution in [0.25, 0.3) is 0 Å². The Morgan fingerprint density at radius 3 is 2.95 bits per heavy atom. The molecule has 1 unspecified atom stereocenters. The number of aromatic nitrogens is 2. The van der Waals surface area contributed by atoms with Crippen molar-refractivity contribution in [2.75, 3.05) is 11.5 Å². The monoisotopic (exact) mass is 316 g/mol. The maximum Gasteiger partial charge on any atom is 0.338 e. The second-order valence-corrected chi connectivity index (χ2v) is 6.83. The number of carbonyl (C=O) groups excluding carboxylic acids is 1. The summed E-state index contributed by atoms with van der Waals surface area (Å²) in [6.07, 6.45) is 1.03. The largest absolute Gasteiger partial charge is 0.458 e. The van der Waals surface area contributed by atoms with Crippen LogP contribution in [0.4, 0.5) is 0 Å². The number of nitrogens with zero attached hydrogens (tertiary/aromatic N) is 2. The van der Waals surface area contributed by atoms with E-state index in [1.807, 2.05) is 54.6 Å². The molecule has 0 saturated carbocycles. The Morgan fingerprint density at radius 1 is 1.41 bits per heavy atom. The first-order valence-electron chi connectivity index (χ1n) is 7.50. The predicted octanol–water partition coefficient (Wildman–Crippen LogP) is 3.21. The van der Waals surface area contributed by atoms with Crippen molar-refractivity contribution in [3.8, 4) is 0 Å². The molecule has 2 heterocycles. The summed E-state index contributed by atoms with van der Waals surface area (Å²) in [4.78, 5) is 12.2. The number of aryl methyl sites for hydroxylation is 2. The summed E-state index contributed by atoms with van der Waals surface area (Å²) in [7, 11) is 0. The molecular formula is C17H20N2O2S. The molecule has 0 amide bonds. The molecule has 1 saturated heterocycles. The van der Waals surface area contributed by atoms with E-state index in [4.69, 9.17) is 4.74 Å². The number of carbonyl (C=O) groups is 1. The summed E-state index contributed by atoms with van der Waals surface area (Å²) in [5.41, 5.74) is 3.80. The van der Waals surface area contributed by atoms with Crippen LogP contribution >= 0.6 is 11.8 Å². The Kier molecular flexibility index (Phi) is 4.52. The van der Waals surface area contributed by atoms with Crippen molar-refractivity contribution >= 4 is 17.7 Å². The van der Waals surface area contributed by atoms with E-state index in [-0.39, 0.29) is 12.1 Å². The standard InChI is InChI=1S/C17H20N2O2S/c1-12-8-13(2)19(18-12)10-14-4-3-5-15(9-14)17(20)21-16-6-7-22-11-16/h3-5,8-9,16H,6-7,10-11H2,1-2H3. The molecule has 1 fully saturated rings. The second kappa shape index (κ2) is 6.57. The lowest BCUT2D eigenvalue weighted by Crippen LogP contribution is -2.17. The maximum atomic E-state index is 12.2. The highest BCUT2D eigenvalue weighted by Crippen LogP contribution is 2.21. The third kappa shape index (κ3) is 3.53. The number of hydrogen-bond acceptors (Lipinski definition) is 4. The number of esters is 1. The van der Waals surface area contributed by atoms with E-state index in [2.05, 4.69) is 11.2 Å². The highest BCUT2D eigenvalue weighted by molar-refractivity contribution is 7.99. The summed E-state index contributed by atoms with van der Waals surface area (Å²) in [6, 6.07) is 9.69. The maximum absolute atomic E-state index is 12.2. The molecule has 1 aromatic carbocycles. The SMILES string of the molecule is Cc1cc(C)n(Cc2cccc(C(=O)OC3CCSC3)c2)n1. The average Bonchev–Trinajstić information content (AvgIpc) is 3.09. The van der Waals surface area contributed by atoms with Crippen molar-refractivity contribution in [3.05, 3.63) is 52.8 Å². The highest BCUT2D eigenvalue weighted by Gasteiger charge is 2.20. The van der Waals surface area contributed by atoms with E-state index >= 15 is 0 Å². The topological polar surface area (TPSA) is 44.1 Å². The Morgan fingerprint density at radius 2 is 2.27 bits per heavy atom. The van der Waals surface area contributed by atoms with Crippen LogP contribution in [-0.4, -0.2) is 33.4 Å². The number of ether oxygens (including phenoxy) is 1. The van der Waals surface area contributed by atoms with Crippen molar-refractivity contribution in [1.82, 2.24) is 9.78 Å². The van der Waals surface area contributed by atoms with Gasteiger partial charge in [-0.25, -0.2) is 4.79 Å². The second-order valence-electron chi connectivity index (χ2n) is 5.68. The minimum absolute atomic E-state index is 0.0668. The number of rotatable bonds is 4. The molecule has 1 aliphatic heterocycles. The van der Waals surface area contributed by atoms with Crippen LogP contribution in [0.15, 0.2) is 30.3 Å². The summed E-state index contributed by atoms with van der Waals surface area (Å²) in [6.45, 7) is 4.69. The van der Waals surface area contributed by atoms with E-state index in [1.165, 1.54) is 0 Å². The molecule has 0 bridgehead atoms. The van der Waals surface area contributed by atoms with Gasteiger partial charge < -0.3 is 4.74 Å². The van der Waals surface area contributed by atoms with Crippen molar-refractivity contribution in [1.29, 1.82) is 0 Å². The van der Waals surface area contributed by atoms with Gasteiger partial charge in [0.15, 0.2) is 0 Å². The van der Waals surface area contributed by atoms with Gasteiger partial charge in [0, 0.05) is 11.4 Å². The fraction of sp³-hybridized carbons (Fsp3) is 0.412. The Balaban J connectivity index is 1.71. The van der Waals surface area contributed by atoms with Gasteiger partial charge in [-0.2, -0.15) is 16.9 Å². The lowest BCUT2D eigenvalue weighted by Gasteiger charge is -2.11. The summed E-state index contributed by atoms with van der Waals surface area (Å²) < 4.78 is 7.50. The molecule has 5 heteroatoms. The van der Waals surface area contributed by atoms with Crippen molar-refractivity contribution in [2.45, 2.75) is 32.9 Å². The Labute approximate surface area is 134 Å². The van der Waals surface area contributed by atoms with Crippen LogP contribution in [-0.2, 0) is 11.3 Å². The van der Waals surface area contributed by atoms with Gasteiger partial charge in [-0.15, -0.1) is 0 Å². The van der Waals surface area contributed by atoms with Gasteiger partial charge in [0.05, 0.1) is 17.8 Å². The molecule has 0 radical (unpaired) electrons. The third-order valence-corrected chi connectivity index (χ3v) is 4.89.